The maximum atomic E-state index is 4.70. The molecule has 17 heavy (non-hydrogen) atoms. The van der Waals surface area contributed by atoms with Crippen molar-refractivity contribution in [3.8, 4) is 0 Å². The van der Waals surface area contributed by atoms with Crippen LogP contribution in [0.5, 0.6) is 0 Å². The van der Waals surface area contributed by atoms with E-state index in [4.69, 9.17) is 4.52 Å². The quantitative estimate of drug-likeness (QED) is 0.747. The first-order valence-corrected chi connectivity index (χ1v) is 5.27. The molecule has 0 atom stereocenters. The minimum atomic E-state index is 0.945. The highest BCUT2D eigenvalue weighted by molar-refractivity contribution is 5.50. The van der Waals surface area contributed by atoms with Crippen molar-refractivity contribution in [1.29, 1.82) is 0 Å². The summed E-state index contributed by atoms with van der Waals surface area (Å²) >= 11 is 0. The SMILES string of the molecule is C(=CC=Cc1ccccn1)C=Cc1cnoc1. The molecule has 0 aromatic carbocycles. The van der Waals surface area contributed by atoms with Crippen molar-refractivity contribution < 1.29 is 4.52 Å². The first-order valence-electron chi connectivity index (χ1n) is 5.27. The summed E-state index contributed by atoms with van der Waals surface area (Å²) in [5.74, 6) is 0. The fourth-order valence-electron chi connectivity index (χ4n) is 1.22. The fraction of sp³-hybridized carbons (Fsp3) is 0. The second-order valence-corrected chi connectivity index (χ2v) is 3.32. The van der Waals surface area contributed by atoms with Gasteiger partial charge in [-0.05, 0) is 18.2 Å². The van der Waals surface area contributed by atoms with E-state index in [1.54, 1.807) is 18.7 Å². The molecule has 84 valence electrons. The van der Waals surface area contributed by atoms with E-state index >= 15 is 0 Å². The van der Waals surface area contributed by atoms with Gasteiger partial charge in [0, 0.05) is 11.8 Å². The average molecular weight is 224 g/mol. The largest absolute Gasteiger partial charge is 0.364 e. The predicted molar refractivity (Wildman–Crippen MR) is 67.9 cm³/mol. The Morgan fingerprint density at radius 2 is 1.88 bits per heavy atom. The number of nitrogens with zero attached hydrogens (tertiary/aromatic N) is 2. The molecule has 3 heteroatoms. The first-order chi connectivity index (χ1) is 8.45. The Balaban J connectivity index is 1.84. The molecule has 2 heterocycles. The normalized spacial score (nSPS) is 12.0. The predicted octanol–water partition coefficient (Wildman–Crippen LogP) is 3.35. The minimum Gasteiger partial charge on any atom is -0.364 e. The standard InChI is InChI=1S/C14H12N2O/c1(3-7-13-11-16-17-12-13)2-4-8-14-9-5-6-10-15-14/h1-12H. The van der Waals surface area contributed by atoms with Crippen LogP contribution in [0.4, 0.5) is 0 Å². The van der Waals surface area contributed by atoms with Crippen molar-refractivity contribution in [2.45, 2.75) is 0 Å². The van der Waals surface area contributed by atoms with Crippen LogP contribution in [-0.2, 0) is 0 Å². The Morgan fingerprint density at radius 3 is 2.59 bits per heavy atom. The van der Waals surface area contributed by atoms with Crippen molar-refractivity contribution in [2.24, 2.45) is 0 Å². The van der Waals surface area contributed by atoms with Crippen LogP contribution < -0.4 is 0 Å². The molecule has 0 fully saturated rings. The lowest BCUT2D eigenvalue weighted by atomic mass is 10.3. The van der Waals surface area contributed by atoms with Crippen LogP contribution in [0.1, 0.15) is 11.3 Å². The van der Waals surface area contributed by atoms with Crippen LogP contribution in [0.3, 0.4) is 0 Å². The van der Waals surface area contributed by atoms with Gasteiger partial charge in [0.05, 0.1) is 11.9 Å². The lowest BCUT2D eigenvalue weighted by Gasteiger charge is -1.87. The molecule has 0 amide bonds. The molecule has 0 spiro atoms. The molecule has 0 saturated heterocycles. The molecule has 0 bridgehead atoms. The van der Waals surface area contributed by atoms with Crippen molar-refractivity contribution in [3.63, 3.8) is 0 Å². The third-order valence-corrected chi connectivity index (χ3v) is 2.03. The van der Waals surface area contributed by atoms with Gasteiger partial charge in [0.15, 0.2) is 0 Å². The first kappa shape index (κ1) is 11.1. The van der Waals surface area contributed by atoms with Crippen molar-refractivity contribution in [2.75, 3.05) is 0 Å². The Morgan fingerprint density at radius 1 is 1.00 bits per heavy atom. The van der Waals surface area contributed by atoms with Gasteiger partial charge in [-0.25, -0.2) is 0 Å². The minimum absolute atomic E-state index is 0.945. The number of rotatable bonds is 4. The molecule has 0 saturated carbocycles. The molecular formula is C14H12N2O. The zero-order valence-corrected chi connectivity index (χ0v) is 9.23. The molecule has 2 aromatic rings. The number of allylic oxidation sites excluding steroid dienone is 4. The third-order valence-electron chi connectivity index (χ3n) is 2.03. The molecular weight excluding hydrogens is 212 g/mol. The maximum Gasteiger partial charge on any atom is 0.131 e. The average Bonchev–Trinajstić information content (AvgIpc) is 2.88. The van der Waals surface area contributed by atoms with Crippen LogP contribution in [0.25, 0.3) is 12.2 Å². The van der Waals surface area contributed by atoms with Gasteiger partial charge in [0.2, 0.25) is 0 Å². The summed E-state index contributed by atoms with van der Waals surface area (Å²) in [6.45, 7) is 0. The van der Waals surface area contributed by atoms with Gasteiger partial charge < -0.3 is 4.52 Å². The summed E-state index contributed by atoms with van der Waals surface area (Å²) in [6, 6.07) is 5.81. The van der Waals surface area contributed by atoms with Crippen LogP contribution in [0, 0.1) is 0 Å². The molecule has 0 unspecified atom stereocenters. The highest BCUT2D eigenvalue weighted by Crippen LogP contribution is 2.00. The number of hydrogen-bond acceptors (Lipinski definition) is 3. The van der Waals surface area contributed by atoms with Crippen molar-refractivity contribution in [1.82, 2.24) is 10.1 Å². The Bertz CT molecular complexity index is 510. The van der Waals surface area contributed by atoms with E-state index in [0.29, 0.717) is 0 Å². The molecule has 0 N–H and O–H groups in total. The molecule has 0 radical (unpaired) electrons. The number of hydrogen-bond donors (Lipinski definition) is 0. The van der Waals surface area contributed by atoms with Gasteiger partial charge in [0.25, 0.3) is 0 Å². The summed E-state index contributed by atoms with van der Waals surface area (Å²) < 4.78 is 4.70. The highest BCUT2D eigenvalue weighted by Gasteiger charge is 1.84. The second kappa shape index (κ2) is 6.23. The zero-order chi connectivity index (χ0) is 11.8. The highest BCUT2D eigenvalue weighted by atomic mass is 16.5. The number of pyridine rings is 1. The van der Waals surface area contributed by atoms with Gasteiger partial charge in [-0.2, -0.15) is 0 Å². The van der Waals surface area contributed by atoms with Crippen molar-refractivity contribution >= 4 is 12.2 Å². The van der Waals surface area contributed by atoms with Crippen LogP contribution in [0.15, 0.2) is 65.7 Å². The van der Waals surface area contributed by atoms with Crippen LogP contribution >= 0.6 is 0 Å². The molecule has 2 aromatic heterocycles. The van der Waals surface area contributed by atoms with E-state index in [2.05, 4.69) is 10.1 Å². The summed E-state index contributed by atoms with van der Waals surface area (Å²) in [6.07, 6.45) is 16.6. The smallest absolute Gasteiger partial charge is 0.131 e. The topological polar surface area (TPSA) is 38.9 Å². The lowest BCUT2D eigenvalue weighted by molar-refractivity contribution is 0.419. The summed E-state index contributed by atoms with van der Waals surface area (Å²) in [7, 11) is 0. The summed E-state index contributed by atoms with van der Waals surface area (Å²) in [4.78, 5) is 4.18. The van der Waals surface area contributed by atoms with Gasteiger partial charge in [-0.3, -0.25) is 4.98 Å². The van der Waals surface area contributed by atoms with E-state index < -0.39 is 0 Å². The molecule has 3 nitrogen and oxygen atoms in total. The van der Waals surface area contributed by atoms with E-state index in [9.17, 15) is 0 Å². The van der Waals surface area contributed by atoms with Crippen LogP contribution in [0.2, 0.25) is 0 Å². The second-order valence-electron chi connectivity index (χ2n) is 3.32. The van der Waals surface area contributed by atoms with E-state index in [0.717, 1.165) is 11.3 Å². The van der Waals surface area contributed by atoms with E-state index in [1.807, 2.05) is 54.7 Å². The van der Waals surface area contributed by atoms with E-state index in [-0.39, 0.29) is 0 Å². The molecule has 0 aliphatic rings. The molecule has 0 aliphatic carbocycles. The Hall–Kier alpha value is -2.42. The van der Waals surface area contributed by atoms with Crippen molar-refractivity contribution in [3.05, 3.63) is 72.4 Å². The van der Waals surface area contributed by atoms with Crippen LogP contribution in [-0.4, -0.2) is 10.1 Å². The Kier molecular flexibility index (Phi) is 4.06. The lowest BCUT2D eigenvalue weighted by Crippen LogP contribution is -1.74. The van der Waals surface area contributed by atoms with Gasteiger partial charge in [-0.15, -0.1) is 0 Å². The summed E-state index contributed by atoms with van der Waals surface area (Å²) in [5.41, 5.74) is 1.89. The summed E-state index contributed by atoms with van der Waals surface area (Å²) in [5, 5.41) is 3.60. The number of aromatic nitrogens is 2. The molecule has 2 rings (SSSR count). The fourth-order valence-corrected chi connectivity index (χ4v) is 1.22. The zero-order valence-electron chi connectivity index (χ0n) is 9.23. The van der Waals surface area contributed by atoms with E-state index in [1.165, 1.54) is 0 Å². The Labute approximate surface area is 99.8 Å². The van der Waals surface area contributed by atoms with Gasteiger partial charge in [0.1, 0.15) is 6.26 Å². The third kappa shape index (κ3) is 3.91. The van der Waals surface area contributed by atoms with Gasteiger partial charge in [-0.1, -0.05) is 41.6 Å². The monoisotopic (exact) mass is 224 g/mol. The maximum absolute atomic E-state index is 4.70. The molecule has 0 aliphatic heterocycles. The van der Waals surface area contributed by atoms with Gasteiger partial charge >= 0.3 is 0 Å².